The van der Waals surface area contributed by atoms with Crippen LogP contribution in [0.15, 0.2) is 84.9 Å². The second-order valence-electron chi connectivity index (χ2n) is 8.55. The summed E-state index contributed by atoms with van der Waals surface area (Å²) in [4.78, 5) is 53.0. The SMILES string of the molecule is CC1(C)C(=O)Nc2ccccc2N1C(=O)COC(=O)C(NC(=O)c1ccccc1)c1ccccc1. The van der Waals surface area contributed by atoms with Crippen molar-refractivity contribution in [2.24, 2.45) is 0 Å². The van der Waals surface area contributed by atoms with Crippen molar-refractivity contribution in [3.05, 3.63) is 96.1 Å². The summed E-state index contributed by atoms with van der Waals surface area (Å²) >= 11 is 0. The zero-order valence-electron chi connectivity index (χ0n) is 19.4. The van der Waals surface area contributed by atoms with Gasteiger partial charge in [-0.1, -0.05) is 60.7 Å². The van der Waals surface area contributed by atoms with Gasteiger partial charge in [0.05, 0.1) is 11.4 Å². The highest BCUT2D eigenvalue weighted by atomic mass is 16.5. The zero-order chi connectivity index (χ0) is 25.0. The topological polar surface area (TPSA) is 105 Å². The van der Waals surface area contributed by atoms with Crippen molar-refractivity contribution in [2.75, 3.05) is 16.8 Å². The molecule has 1 aliphatic heterocycles. The van der Waals surface area contributed by atoms with Gasteiger partial charge in [0.2, 0.25) is 5.91 Å². The number of hydrogen-bond donors (Lipinski definition) is 2. The molecule has 3 aromatic carbocycles. The minimum Gasteiger partial charge on any atom is -0.454 e. The maximum absolute atomic E-state index is 13.2. The molecule has 3 amide bonds. The molecule has 1 aliphatic rings. The number of amides is 3. The number of nitrogens with one attached hydrogen (secondary N) is 2. The molecule has 1 unspecified atom stereocenters. The van der Waals surface area contributed by atoms with Crippen LogP contribution in [-0.4, -0.2) is 35.8 Å². The second kappa shape index (κ2) is 9.80. The number of anilines is 2. The van der Waals surface area contributed by atoms with Crippen molar-refractivity contribution in [1.82, 2.24) is 5.32 Å². The number of benzene rings is 3. The maximum Gasteiger partial charge on any atom is 0.333 e. The molecule has 0 radical (unpaired) electrons. The summed E-state index contributed by atoms with van der Waals surface area (Å²) in [5, 5.41) is 5.48. The molecule has 35 heavy (non-hydrogen) atoms. The number of carbonyl (C=O) groups excluding carboxylic acids is 4. The van der Waals surface area contributed by atoms with E-state index in [2.05, 4.69) is 10.6 Å². The third kappa shape index (κ3) is 4.91. The smallest absolute Gasteiger partial charge is 0.333 e. The van der Waals surface area contributed by atoms with E-state index in [4.69, 9.17) is 4.74 Å². The van der Waals surface area contributed by atoms with Gasteiger partial charge < -0.3 is 15.4 Å². The summed E-state index contributed by atoms with van der Waals surface area (Å²) < 4.78 is 5.38. The molecular formula is C27H25N3O5. The van der Waals surface area contributed by atoms with Gasteiger partial charge in [-0.05, 0) is 43.7 Å². The summed E-state index contributed by atoms with van der Waals surface area (Å²) in [5.74, 6) is -2.16. The molecule has 8 nitrogen and oxygen atoms in total. The molecule has 2 N–H and O–H groups in total. The predicted octanol–water partition coefficient (Wildman–Crippen LogP) is 3.46. The third-order valence-electron chi connectivity index (χ3n) is 5.78. The van der Waals surface area contributed by atoms with Crippen LogP contribution in [0.4, 0.5) is 11.4 Å². The number of nitrogens with zero attached hydrogens (tertiary/aromatic N) is 1. The number of esters is 1. The fourth-order valence-corrected chi connectivity index (χ4v) is 3.91. The van der Waals surface area contributed by atoms with Crippen LogP contribution in [0.1, 0.15) is 35.8 Å². The molecule has 0 spiro atoms. The monoisotopic (exact) mass is 471 g/mol. The van der Waals surface area contributed by atoms with Gasteiger partial charge in [-0.2, -0.15) is 0 Å². The van der Waals surface area contributed by atoms with E-state index < -0.39 is 36.0 Å². The van der Waals surface area contributed by atoms with Crippen LogP contribution in [0.2, 0.25) is 0 Å². The molecule has 3 aromatic rings. The average molecular weight is 472 g/mol. The lowest BCUT2D eigenvalue weighted by Crippen LogP contribution is -2.59. The van der Waals surface area contributed by atoms with E-state index in [9.17, 15) is 19.2 Å². The molecule has 8 heteroatoms. The van der Waals surface area contributed by atoms with Gasteiger partial charge in [0.25, 0.3) is 11.8 Å². The zero-order valence-corrected chi connectivity index (χ0v) is 19.4. The van der Waals surface area contributed by atoms with Gasteiger partial charge in [-0.25, -0.2) is 4.79 Å². The van der Waals surface area contributed by atoms with Crippen molar-refractivity contribution in [2.45, 2.75) is 25.4 Å². The molecule has 0 saturated heterocycles. The Bertz CT molecular complexity index is 1260. The van der Waals surface area contributed by atoms with Crippen LogP contribution < -0.4 is 15.5 Å². The fraction of sp³-hybridized carbons (Fsp3) is 0.185. The first-order valence-electron chi connectivity index (χ1n) is 11.1. The highest BCUT2D eigenvalue weighted by molar-refractivity contribution is 6.14. The van der Waals surface area contributed by atoms with E-state index in [1.165, 1.54) is 4.90 Å². The Morgan fingerprint density at radius 1 is 0.914 bits per heavy atom. The van der Waals surface area contributed by atoms with Gasteiger partial charge >= 0.3 is 5.97 Å². The van der Waals surface area contributed by atoms with Crippen molar-refractivity contribution in [1.29, 1.82) is 0 Å². The number of hydrogen-bond acceptors (Lipinski definition) is 5. The van der Waals surface area contributed by atoms with Gasteiger partial charge in [-0.15, -0.1) is 0 Å². The number of fused-ring (bicyclic) bond motifs is 1. The van der Waals surface area contributed by atoms with Crippen LogP contribution in [-0.2, 0) is 19.1 Å². The Labute approximate surface area is 202 Å². The molecule has 178 valence electrons. The average Bonchev–Trinajstić information content (AvgIpc) is 2.87. The molecule has 0 aromatic heterocycles. The second-order valence-corrected chi connectivity index (χ2v) is 8.55. The van der Waals surface area contributed by atoms with E-state index in [1.54, 1.807) is 98.8 Å². The predicted molar refractivity (Wildman–Crippen MR) is 131 cm³/mol. The standard InChI is InChI=1S/C27H25N3O5/c1-27(2)26(34)28-20-15-9-10-16-21(20)30(27)22(31)17-35-25(33)23(18-11-5-3-6-12-18)29-24(32)19-13-7-4-8-14-19/h3-16,23H,17H2,1-2H3,(H,28,34)(H,29,32). The van der Waals surface area contributed by atoms with Crippen LogP contribution >= 0.6 is 0 Å². The van der Waals surface area contributed by atoms with Gasteiger partial charge in [0, 0.05) is 5.56 Å². The first-order chi connectivity index (χ1) is 16.8. The summed E-state index contributed by atoms with van der Waals surface area (Å²) in [6.45, 7) is 2.63. The van der Waals surface area contributed by atoms with Gasteiger partial charge in [0.1, 0.15) is 5.54 Å². The normalized spacial score (nSPS) is 14.8. The van der Waals surface area contributed by atoms with Crippen LogP contribution in [0.5, 0.6) is 0 Å². The van der Waals surface area contributed by atoms with E-state index in [0.717, 1.165) is 0 Å². The molecular weight excluding hydrogens is 446 g/mol. The number of rotatable bonds is 6. The minimum absolute atomic E-state index is 0.354. The van der Waals surface area contributed by atoms with Crippen LogP contribution in [0, 0.1) is 0 Å². The highest BCUT2D eigenvalue weighted by Gasteiger charge is 2.43. The molecule has 0 saturated carbocycles. The van der Waals surface area contributed by atoms with Gasteiger partial charge in [-0.3, -0.25) is 19.3 Å². The Morgan fingerprint density at radius 2 is 1.51 bits per heavy atom. The van der Waals surface area contributed by atoms with E-state index >= 15 is 0 Å². The van der Waals surface area contributed by atoms with Crippen LogP contribution in [0.3, 0.4) is 0 Å². The summed E-state index contributed by atoms with van der Waals surface area (Å²) in [6.07, 6.45) is 0. The van der Waals surface area contributed by atoms with E-state index in [0.29, 0.717) is 22.5 Å². The highest BCUT2D eigenvalue weighted by Crippen LogP contribution is 2.36. The number of ether oxygens (including phenoxy) is 1. The Balaban J connectivity index is 1.53. The Morgan fingerprint density at radius 3 is 2.20 bits per heavy atom. The van der Waals surface area contributed by atoms with Gasteiger partial charge in [0.15, 0.2) is 12.6 Å². The Kier molecular flexibility index (Phi) is 6.64. The van der Waals surface area contributed by atoms with Crippen molar-refractivity contribution in [3.63, 3.8) is 0 Å². The molecule has 0 fully saturated rings. The molecule has 4 rings (SSSR count). The fourth-order valence-electron chi connectivity index (χ4n) is 3.91. The Hall–Kier alpha value is -4.46. The van der Waals surface area contributed by atoms with E-state index in [-0.39, 0.29) is 5.91 Å². The largest absolute Gasteiger partial charge is 0.454 e. The molecule has 1 atom stereocenters. The van der Waals surface area contributed by atoms with Crippen LogP contribution in [0.25, 0.3) is 0 Å². The first-order valence-corrected chi connectivity index (χ1v) is 11.1. The third-order valence-corrected chi connectivity index (χ3v) is 5.78. The maximum atomic E-state index is 13.2. The quantitative estimate of drug-likeness (QED) is 0.536. The lowest BCUT2D eigenvalue weighted by molar-refractivity contribution is -0.150. The number of para-hydroxylation sites is 2. The minimum atomic E-state index is -1.20. The van der Waals surface area contributed by atoms with Crippen molar-refractivity contribution < 1.29 is 23.9 Å². The summed E-state index contributed by atoms with van der Waals surface area (Å²) in [5.41, 5.74) is 0.703. The lowest BCUT2D eigenvalue weighted by atomic mass is 9.96. The number of carbonyl (C=O) groups is 4. The molecule has 0 aliphatic carbocycles. The lowest BCUT2D eigenvalue weighted by Gasteiger charge is -2.41. The van der Waals surface area contributed by atoms with E-state index in [1.807, 2.05) is 0 Å². The first kappa shape index (κ1) is 23.7. The van der Waals surface area contributed by atoms with Crippen molar-refractivity contribution in [3.8, 4) is 0 Å². The summed E-state index contributed by atoms with van der Waals surface area (Å²) in [7, 11) is 0. The van der Waals surface area contributed by atoms with Crippen molar-refractivity contribution >= 4 is 35.1 Å². The molecule has 1 heterocycles. The summed E-state index contributed by atoms with van der Waals surface area (Å²) in [6, 6.07) is 22.9. The molecule has 0 bridgehead atoms.